The predicted molar refractivity (Wildman–Crippen MR) is 97.8 cm³/mol. The van der Waals surface area contributed by atoms with Gasteiger partial charge in [0.2, 0.25) is 11.9 Å². The van der Waals surface area contributed by atoms with E-state index in [4.69, 9.17) is 0 Å². The maximum atomic E-state index is 12.3. The zero-order chi connectivity index (χ0) is 18.2. The summed E-state index contributed by atoms with van der Waals surface area (Å²) in [6.07, 6.45) is 1.54. The minimum Gasteiger partial charge on any atom is -0.353 e. The number of hydrogen-bond donors (Lipinski definition) is 3. The Morgan fingerprint density at radius 1 is 1.04 bits per heavy atom. The summed E-state index contributed by atoms with van der Waals surface area (Å²) in [5.74, 6) is -0.0621. The Morgan fingerprint density at radius 3 is 2.28 bits per heavy atom. The molecule has 0 fully saturated rings. The highest BCUT2D eigenvalue weighted by molar-refractivity contribution is 6.03. The van der Waals surface area contributed by atoms with E-state index in [0.717, 1.165) is 6.54 Å². The third-order valence-electron chi connectivity index (χ3n) is 3.19. The summed E-state index contributed by atoms with van der Waals surface area (Å²) in [7, 11) is 3.95. The van der Waals surface area contributed by atoms with Gasteiger partial charge in [-0.2, -0.15) is 0 Å². The van der Waals surface area contributed by atoms with Gasteiger partial charge in [0.1, 0.15) is 5.69 Å². The molecule has 0 unspecified atom stereocenters. The van der Waals surface area contributed by atoms with E-state index in [-0.39, 0.29) is 17.5 Å². The van der Waals surface area contributed by atoms with Crippen LogP contribution < -0.4 is 16.0 Å². The predicted octanol–water partition coefficient (Wildman–Crippen LogP) is 1.66. The number of benzene rings is 1. The van der Waals surface area contributed by atoms with Crippen LogP contribution in [0.1, 0.15) is 17.4 Å². The molecule has 0 saturated carbocycles. The first-order chi connectivity index (χ1) is 11.9. The first-order valence-electron chi connectivity index (χ1n) is 7.84. The molecule has 0 spiro atoms. The van der Waals surface area contributed by atoms with E-state index in [1.807, 2.05) is 19.0 Å². The summed E-state index contributed by atoms with van der Waals surface area (Å²) in [5, 5.41) is 8.51. The second-order valence-corrected chi connectivity index (χ2v) is 5.71. The third kappa shape index (κ3) is 6.19. The van der Waals surface area contributed by atoms with E-state index in [9.17, 15) is 9.59 Å². The average molecular weight is 342 g/mol. The molecule has 0 bridgehead atoms. The Balaban J connectivity index is 1.97. The van der Waals surface area contributed by atoms with Crippen LogP contribution in [0.2, 0.25) is 0 Å². The smallest absolute Gasteiger partial charge is 0.274 e. The van der Waals surface area contributed by atoms with Crippen molar-refractivity contribution in [1.82, 2.24) is 14.9 Å². The quantitative estimate of drug-likeness (QED) is 0.708. The highest BCUT2D eigenvalue weighted by Crippen LogP contribution is 2.14. The van der Waals surface area contributed by atoms with Gasteiger partial charge >= 0.3 is 0 Å². The fraction of sp³-hybridized carbons (Fsp3) is 0.294. The molecule has 0 aliphatic rings. The zero-order valence-electron chi connectivity index (χ0n) is 14.5. The minimum absolute atomic E-state index is 0.146. The molecule has 0 atom stereocenters. The Labute approximate surface area is 146 Å². The van der Waals surface area contributed by atoms with E-state index < -0.39 is 0 Å². The van der Waals surface area contributed by atoms with Crippen LogP contribution in [0.4, 0.5) is 17.3 Å². The lowest BCUT2D eigenvalue weighted by Crippen LogP contribution is -2.22. The van der Waals surface area contributed by atoms with Gasteiger partial charge in [0.05, 0.1) is 0 Å². The van der Waals surface area contributed by atoms with Crippen LogP contribution in [0.15, 0.2) is 36.5 Å². The number of rotatable bonds is 7. The van der Waals surface area contributed by atoms with Gasteiger partial charge in [-0.05, 0) is 44.4 Å². The molecule has 0 radical (unpaired) electrons. The van der Waals surface area contributed by atoms with Crippen LogP contribution in [0.3, 0.4) is 0 Å². The van der Waals surface area contributed by atoms with E-state index in [0.29, 0.717) is 23.9 Å². The van der Waals surface area contributed by atoms with Crippen LogP contribution in [0, 0.1) is 0 Å². The largest absolute Gasteiger partial charge is 0.353 e. The summed E-state index contributed by atoms with van der Waals surface area (Å²) in [6.45, 7) is 2.96. The van der Waals surface area contributed by atoms with Crippen molar-refractivity contribution >= 4 is 29.1 Å². The molecular formula is C17H22N6O2. The van der Waals surface area contributed by atoms with E-state index in [1.165, 1.54) is 6.92 Å². The molecule has 1 aromatic heterocycles. The SMILES string of the molecule is CC(=O)Nc1ccc(NC(=O)c2ccnc(NCCN(C)C)n2)cc1. The van der Waals surface area contributed by atoms with Gasteiger partial charge < -0.3 is 20.9 Å². The first kappa shape index (κ1) is 18.3. The molecule has 8 nitrogen and oxygen atoms in total. The lowest BCUT2D eigenvalue weighted by atomic mass is 10.2. The number of anilines is 3. The average Bonchev–Trinajstić information content (AvgIpc) is 2.56. The Bertz CT molecular complexity index is 730. The van der Waals surface area contributed by atoms with Crippen LogP contribution in [-0.4, -0.2) is 53.9 Å². The van der Waals surface area contributed by atoms with E-state index in [1.54, 1.807) is 36.5 Å². The number of amides is 2. The number of aromatic nitrogens is 2. The lowest BCUT2D eigenvalue weighted by Gasteiger charge is -2.11. The Morgan fingerprint density at radius 2 is 1.68 bits per heavy atom. The molecule has 3 N–H and O–H groups in total. The summed E-state index contributed by atoms with van der Waals surface area (Å²) in [5.41, 5.74) is 1.55. The van der Waals surface area contributed by atoms with Crippen molar-refractivity contribution in [1.29, 1.82) is 0 Å². The maximum absolute atomic E-state index is 12.3. The van der Waals surface area contributed by atoms with Crippen molar-refractivity contribution in [2.24, 2.45) is 0 Å². The second-order valence-electron chi connectivity index (χ2n) is 5.71. The van der Waals surface area contributed by atoms with Gasteiger partial charge in [-0.1, -0.05) is 0 Å². The number of hydrogen-bond acceptors (Lipinski definition) is 6. The van der Waals surface area contributed by atoms with Gasteiger partial charge in [0.15, 0.2) is 0 Å². The number of nitrogens with one attached hydrogen (secondary N) is 3. The summed E-state index contributed by atoms with van der Waals surface area (Å²) in [4.78, 5) is 33.7. The van der Waals surface area contributed by atoms with Crippen molar-refractivity contribution < 1.29 is 9.59 Å². The van der Waals surface area contributed by atoms with Gasteiger partial charge in [-0.15, -0.1) is 0 Å². The van der Waals surface area contributed by atoms with Crippen LogP contribution in [-0.2, 0) is 4.79 Å². The summed E-state index contributed by atoms with van der Waals surface area (Å²) >= 11 is 0. The number of nitrogens with zero attached hydrogens (tertiary/aromatic N) is 3. The lowest BCUT2D eigenvalue weighted by molar-refractivity contribution is -0.114. The Hall–Kier alpha value is -3.00. The summed E-state index contributed by atoms with van der Waals surface area (Å²) < 4.78 is 0. The molecular weight excluding hydrogens is 320 g/mol. The van der Waals surface area contributed by atoms with Crippen molar-refractivity contribution in [3.05, 3.63) is 42.2 Å². The minimum atomic E-state index is -0.328. The van der Waals surface area contributed by atoms with Crippen molar-refractivity contribution in [3.8, 4) is 0 Å². The fourth-order valence-electron chi connectivity index (χ4n) is 2.00. The molecule has 0 aliphatic heterocycles. The molecule has 0 saturated heterocycles. The Kier molecular flexibility index (Phi) is 6.41. The van der Waals surface area contributed by atoms with Crippen LogP contribution in [0.25, 0.3) is 0 Å². The van der Waals surface area contributed by atoms with E-state index in [2.05, 4.69) is 25.9 Å². The molecule has 2 rings (SSSR count). The number of likely N-dealkylation sites (N-methyl/N-ethyl adjacent to an activating group) is 1. The van der Waals surface area contributed by atoms with Crippen molar-refractivity contribution in [3.63, 3.8) is 0 Å². The third-order valence-corrected chi connectivity index (χ3v) is 3.19. The number of carbonyl (C=O) groups excluding carboxylic acids is 2. The van der Waals surface area contributed by atoms with Gasteiger partial charge in [0.25, 0.3) is 5.91 Å². The van der Waals surface area contributed by atoms with Gasteiger partial charge in [-0.25, -0.2) is 9.97 Å². The molecule has 0 aliphatic carbocycles. The topological polar surface area (TPSA) is 99.2 Å². The maximum Gasteiger partial charge on any atom is 0.274 e. The van der Waals surface area contributed by atoms with Crippen molar-refractivity contribution in [2.45, 2.75) is 6.92 Å². The monoisotopic (exact) mass is 342 g/mol. The molecule has 2 amide bonds. The zero-order valence-corrected chi connectivity index (χ0v) is 14.5. The fourth-order valence-corrected chi connectivity index (χ4v) is 2.00. The molecule has 132 valence electrons. The molecule has 2 aromatic rings. The highest BCUT2D eigenvalue weighted by Gasteiger charge is 2.09. The van der Waals surface area contributed by atoms with Gasteiger partial charge in [-0.3, -0.25) is 9.59 Å². The normalized spacial score (nSPS) is 10.4. The van der Waals surface area contributed by atoms with E-state index >= 15 is 0 Å². The van der Waals surface area contributed by atoms with Crippen molar-refractivity contribution in [2.75, 3.05) is 43.1 Å². The summed E-state index contributed by atoms with van der Waals surface area (Å²) in [6, 6.07) is 8.40. The number of carbonyl (C=O) groups is 2. The molecule has 1 heterocycles. The van der Waals surface area contributed by atoms with Crippen LogP contribution in [0.5, 0.6) is 0 Å². The first-order valence-corrected chi connectivity index (χ1v) is 7.84. The molecule has 25 heavy (non-hydrogen) atoms. The second kappa shape index (κ2) is 8.74. The standard InChI is InChI=1S/C17H22N6O2/c1-12(24)20-13-4-6-14(7-5-13)21-16(25)15-8-9-18-17(22-15)19-10-11-23(2)3/h4-9H,10-11H2,1-3H3,(H,20,24)(H,21,25)(H,18,19,22). The van der Waals surface area contributed by atoms with Gasteiger partial charge in [0, 0.05) is 37.6 Å². The molecule has 1 aromatic carbocycles. The van der Waals surface area contributed by atoms with Crippen LogP contribution >= 0.6 is 0 Å². The highest BCUT2D eigenvalue weighted by atomic mass is 16.2. The molecule has 8 heteroatoms.